The van der Waals surface area contributed by atoms with E-state index in [0.29, 0.717) is 7.25 Å². The average Bonchev–Trinajstić information content (AvgIpc) is 3.56. The molecule has 6 aromatic rings. The molecule has 8 rings (SSSR count). The number of benzene rings is 6. The molecule has 0 radical (unpaired) electrons. The zero-order valence-corrected chi connectivity index (χ0v) is 27.8. The Balaban J connectivity index is 1.25. The molecule has 2 aliphatic rings. The third-order valence-corrected chi connectivity index (χ3v) is 21.3. The number of hydrogen-bond acceptors (Lipinski definition) is 0. The van der Waals surface area contributed by atoms with Crippen molar-refractivity contribution in [1.82, 2.24) is 0 Å². The second kappa shape index (κ2) is 10.1. The monoisotopic (exact) mass is 630 g/mol. The van der Waals surface area contributed by atoms with Crippen LogP contribution in [0, 0.1) is 0 Å². The van der Waals surface area contributed by atoms with Crippen LogP contribution in [-0.4, -0.2) is 0 Å². The van der Waals surface area contributed by atoms with E-state index in [4.69, 9.17) is 0 Å². The van der Waals surface area contributed by atoms with Crippen LogP contribution in [0.1, 0.15) is 43.4 Å². The maximum atomic E-state index is 2.71. The Labute approximate surface area is 259 Å². The molecule has 0 saturated carbocycles. The minimum atomic E-state index is -2.95. The van der Waals surface area contributed by atoms with Crippen LogP contribution in [0.25, 0.3) is 56.0 Å². The van der Waals surface area contributed by atoms with Crippen molar-refractivity contribution in [1.29, 1.82) is 0 Å². The van der Waals surface area contributed by atoms with Crippen molar-refractivity contribution in [2.45, 2.75) is 30.4 Å². The van der Waals surface area contributed by atoms with Gasteiger partial charge in [-0.1, -0.05) is 0 Å². The van der Waals surface area contributed by atoms with Crippen molar-refractivity contribution in [3.8, 4) is 22.3 Å². The minimum absolute atomic E-state index is 0.541. The molecule has 0 N–H and O–H groups in total. The molecule has 0 aliphatic heterocycles. The second-order valence-corrected chi connectivity index (χ2v) is 24.9. The van der Waals surface area contributed by atoms with Crippen molar-refractivity contribution in [3.63, 3.8) is 0 Å². The fourth-order valence-electron chi connectivity index (χ4n) is 8.64. The van der Waals surface area contributed by atoms with Gasteiger partial charge in [-0.25, -0.2) is 0 Å². The third-order valence-electron chi connectivity index (χ3n) is 10.2. The molecule has 0 aromatic heterocycles. The van der Waals surface area contributed by atoms with E-state index in [1.807, 2.05) is 0 Å². The van der Waals surface area contributed by atoms with E-state index in [9.17, 15) is 0 Å². The molecule has 0 nitrogen and oxygen atoms in total. The maximum absolute atomic E-state index is 2.95. The first-order valence-corrected chi connectivity index (χ1v) is 23.3. The van der Waals surface area contributed by atoms with Gasteiger partial charge < -0.3 is 0 Å². The summed E-state index contributed by atoms with van der Waals surface area (Å²) in [6, 6.07) is 45.2. The standard InChI is InChI=1S/2C20H15.2CH3.Zr/c2*1-14-12-16-8-5-11-19(20(16)13-14)18-10-4-7-15-6-2-3-9-17(15)18;;;/h2*2-13H,1H3;2*1H3;. The number of fused-ring (bicyclic) bond motifs is 4. The second-order valence-electron chi connectivity index (χ2n) is 13.1. The first kappa shape index (κ1) is 26.8. The molecule has 0 fully saturated rings. The summed E-state index contributed by atoms with van der Waals surface area (Å²) in [7, 11) is 0. The molecule has 2 unspecified atom stereocenters. The number of rotatable bonds is 4. The van der Waals surface area contributed by atoms with E-state index < -0.39 is 20.3 Å². The van der Waals surface area contributed by atoms with Gasteiger partial charge in [0, 0.05) is 0 Å². The molecule has 43 heavy (non-hydrogen) atoms. The topological polar surface area (TPSA) is 0 Å². The zero-order chi connectivity index (χ0) is 29.3. The predicted molar refractivity (Wildman–Crippen MR) is 183 cm³/mol. The van der Waals surface area contributed by atoms with Crippen LogP contribution in [0.15, 0.2) is 132 Å². The van der Waals surface area contributed by atoms with Gasteiger partial charge in [0.1, 0.15) is 0 Å². The van der Waals surface area contributed by atoms with Gasteiger partial charge in [-0.15, -0.1) is 0 Å². The molecular formula is C42H36Zr. The molecule has 208 valence electrons. The summed E-state index contributed by atoms with van der Waals surface area (Å²) in [4.78, 5) is 0. The summed E-state index contributed by atoms with van der Waals surface area (Å²) in [5.41, 5.74) is 14.5. The fraction of sp³-hybridized carbons (Fsp3) is 0.143. The number of hydrogen-bond donors (Lipinski definition) is 0. The van der Waals surface area contributed by atoms with Crippen molar-refractivity contribution < 1.29 is 20.3 Å². The van der Waals surface area contributed by atoms with E-state index in [1.165, 1.54) is 54.9 Å². The summed E-state index contributed by atoms with van der Waals surface area (Å²) >= 11 is -2.95. The molecule has 2 aliphatic carbocycles. The predicted octanol–water partition coefficient (Wildman–Crippen LogP) is 12.2. The van der Waals surface area contributed by atoms with E-state index in [-0.39, 0.29) is 0 Å². The molecular weight excluding hydrogens is 596 g/mol. The van der Waals surface area contributed by atoms with Crippen LogP contribution in [0.4, 0.5) is 0 Å². The molecule has 6 aromatic carbocycles. The van der Waals surface area contributed by atoms with Crippen LogP contribution < -0.4 is 0 Å². The fourth-order valence-corrected chi connectivity index (χ4v) is 20.8. The number of allylic oxidation sites excluding steroid dienone is 2. The first-order valence-electron chi connectivity index (χ1n) is 15.5. The van der Waals surface area contributed by atoms with Crippen LogP contribution in [0.5, 0.6) is 0 Å². The van der Waals surface area contributed by atoms with Crippen molar-refractivity contribution in [3.05, 3.63) is 155 Å². The molecule has 0 saturated heterocycles. The van der Waals surface area contributed by atoms with Gasteiger partial charge in [0.05, 0.1) is 0 Å². The Kier molecular flexibility index (Phi) is 6.32. The Hall–Kier alpha value is -3.80. The van der Waals surface area contributed by atoms with E-state index in [2.05, 4.69) is 157 Å². The van der Waals surface area contributed by atoms with Crippen LogP contribution in [0.3, 0.4) is 0 Å². The van der Waals surface area contributed by atoms with Crippen molar-refractivity contribution >= 4 is 33.7 Å². The summed E-state index contributed by atoms with van der Waals surface area (Å²) in [5, 5.41) is 5.27. The van der Waals surface area contributed by atoms with Crippen LogP contribution >= 0.6 is 0 Å². The van der Waals surface area contributed by atoms with Crippen LogP contribution in [0.2, 0.25) is 9.26 Å². The normalized spacial score (nSPS) is 17.6. The molecule has 1 heteroatoms. The van der Waals surface area contributed by atoms with Gasteiger partial charge in [-0.2, -0.15) is 0 Å². The van der Waals surface area contributed by atoms with Gasteiger partial charge in [0.2, 0.25) is 0 Å². The van der Waals surface area contributed by atoms with Crippen LogP contribution in [-0.2, 0) is 20.3 Å². The molecule has 2 atom stereocenters. The van der Waals surface area contributed by atoms with Gasteiger partial charge in [-0.3, -0.25) is 0 Å². The molecule has 0 bridgehead atoms. The molecule has 0 amide bonds. The third kappa shape index (κ3) is 4.12. The van der Waals surface area contributed by atoms with E-state index >= 15 is 0 Å². The van der Waals surface area contributed by atoms with Crippen molar-refractivity contribution in [2.24, 2.45) is 0 Å². The Morgan fingerprint density at radius 1 is 0.419 bits per heavy atom. The zero-order valence-electron chi connectivity index (χ0n) is 25.4. The first-order chi connectivity index (χ1) is 20.9. The molecule has 0 heterocycles. The Bertz CT molecular complexity index is 1980. The molecule has 0 spiro atoms. The van der Waals surface area contributed by atoms with Gasteiger partial charge >= 0.3 is 261 Å². The van der Waals surface area contributed by atoms with Gasteiger partial charge in [0.25, 0.3) is 0 Å². The van der Waals surface area contributed by atoms with Gasteiger partial charge in [0.15, 0.2) is 0 Å². The van der Waals surface area contributed by atoms with Gasteiger partial charge in [-0.05, 0) is 0 Å². The van der Waals surface area contributed by atoms with E-state index in [0.717, 1.165) is 0 Å². The SMILES string of the molecule is CC1=Cc2c(-c3cccc4ccccc34)cccc2[CH]1[Zr]([CH3])([CH3])[CH]1C(C)=Cc2c(-c3cccc4ccccc34)cccc21. The summed E-state index contributed by atoms with van der Waals surface area (Å²) in [6.07, 6.45) is 5.05. The quantitative estimate of drug-likeness (QED) is 0.182. The van der Waals surface area contributed by atoms with Crippen molar-refractivity contribution in [2.75, 3.05) is 0 Å². The summed E-state index contributed by atoms with van der Waals surface area (Å²) < 4.78 is 6.50. The van der Waals surface area contributed by atoms with E-state index in [1.54, 1.807) is 22.3 Å². The summed E-state index contributed by atoms with van der Waals surface area (Å²) in [6.45, 7) is 4.80. The Morgan fingerprint density at radius 3 is 1.26 bits per heavy atom. The summed E-state index contributed by atoms with van der Waals surface area (Å²) in [5.74, 6) is 0. The Morgan fingerprint density at radius 2 is 0.791 bits per heavy atom. The average molecular weight is 632 g/mol.